The molecule has 6 heteroatoms. The maximum Gasteiger partial charge on any atom is 0.166 e. The quantitative estimate of drug-likeness (QED) is 0.602. The van der Waals surface area contributed by atoms with Crippen LogP contribution in [-0.4, -0.2) is 24.4 Å². The number of nitrogens with one attached hydrogen (secondary N) is 1. The zero-order valence-electron chi connectivity index (χ0n) is 15.1. The van der Waals surface area contributed by atoms with Crippen LogP contribution in [0.3, 0.4) is 0 Å². The van der Waals surface area contributed by atoms with Crippen LogP contribution >= 0.6 is 23.2 Å². The van der Waals surface area contributed by atoms with Gasteiger partial charge in [-0.2, -0.15) is 0 Å². The number of benzene rings is 2. The van der Waals surface area contributed by atoms with Crippen molar-refractivity contribution < 1.29 is 14.6 Å². The molecule has 0 unspecified atom stereocenters. The summed E-state index contributed by atoms with van der Waals surface area (Å²) in [6, 6.07) is 11.2. The maximum absolute atomic E-state index is 9.37. The molecule has 0 spiro atoms. The third kappa shape index (κ3) is 5.78. The van der Waals surface area contributed by atoms with Crippen molar-refractivity contribution in [3.8, 4) is 11.5 Å². The molecule has 2 N–H and O–H groups in total. The second-order valence-corrected chi connectivity index (χ2v) is 6.71. The molecule has 0 aromatic heterocycles. The summed E-state index contributed by atoms with van der Waals surface area (Å²) in [6.45, 7) is 5.49. The summed E-state index contributed by atoms with van der Waals surface area (Å²) in [5.74, 6) is 1.37. The van der Waals surface area contributed by atoms with Crippen molar-refractivity contribution in [1.82, 2.24) is 5.32 Å². The second-order valence-electron chi connectivity index (χ2n) is 5.87. The van der Waals surface area contributed by atoms with E-state index in [1.54, 1.807) is 12.1 Å². The molecular weight excluding hydrogens is 373 g/mol. The Hall–Kier alpha value is -1.46. The Bertz CT molecular complexity index is 705. The van der Waals surface area contributed by atoms with E-state index in [9.17, 15) is 5.11 Å². The van der Waals surface area contributed by atoms with Gasteiger partial charge in [0.05, 0.1) is 13.2 Å². The van der Waals surface area contributed by atoms with Crippen LogP contribution in [0.25, 0.3) is 0 Å². The summed E-state index contributed by atoms with van der Waals surface area (Å²) in [5.41, 5.74) is 1.82. The molecule has 0 aliphatic heterocycles. The molecule has 0 saturated heterocycles. The lowest BCUT2D eigenvalue weighted by Gasteiger charge is -2.19. The lowest BCUT2D eigenvalue weighted by molar-refractivity contribution is 0.236. The summed E-state index contributed by atoms with van der Waals surface area (Å²) in [5, 5.41) is 13.9. The molecule has 0 heterocycles. The molecular formula is C20H25Cl2NO3. The van der Waals surface area contributed by atoms with E-state index >= 15 is 0 Å². The smallest absolute Gasteiger partial charge is 0.166 e. The van der Waals surface area contributed by atoms with E-state index < -0.39 is 0 Å². The number of para-hydroxylation sites is 1. The van der Waals surface area contributed by atoms with Gasteiger partial charge in [0.1, 0.15) is 6.61 Å². The van der Waals surface area contributed by atoms with E-state index in [1.165, 1.54) is 0 Å². The summed E-state index contributed by atoms with van der Waals surface area (Å²) >= 11 is 12.2. The highest BCUT2D eigenvalue weighted by Crippen LogP contribution is 2.33. The molecule has 2 aromatic rings. The first-order valence-corrected chi connectivity index (χ1v) is 9.50. The molecule has 1 atom stereocenters. The fraction of sp³-hybridized carbons (Fsp3) is 0.400. The second kappa shape index (κ2) is 10.6. The summed E-state index contributed by atoms with van der Waals surface area (Å²) < 4.78 is 11.8. The van der Waals surface area contributed by atoms with Crippen molar-refractivity contribution in [1.29, 1.82) is 0 Å². The topological polar surface area (TPSA) is 50.7 Å². The lowest BCUT2D eigenvalue weighted by atomic mass is 10.1. The number of ether oxygens (including phenoxy) is 2. The molecule has 142 valence electrons. The predicted molar refractivity (Wildman–Crippen MR) is 106 cm³/mol. The van der Waals surface area contributed by atoms with Crippen LogP contribution in [0.2, 0.25) is 10.0 Å². The SMILES string of the molecule is CCOc1cccc(CN[C@@H](CC)CO)c1OCc1ccc(Cl)cc1Cl. The van der Waals surface area contributed by atoms with Gasteiger partial charge < -0.3 is 19.9 Å². The van der Waals surface area contributed by atoms with Gasteiger partial charge in [-0.05, 0) is 31.5 Å². The minimum absolute atomic E-state index is 0.0457. The van der Waals surface area contributed by atoms with Gasteiger partial charge >= 0.3 is 0 Å². The number of aliphatic hydroxyl groups excluding tert-OH is 1. The van der Waals surface area contributed by atoms with E-state index in [0.717, 1.165) is 17.5 Å². The molecule has 0 saturated carbocycles. The zero-order valence-corrected chi connectivity index (χ0v) is 16.6. The Balaban J connectivity index is 2.19. The van der Waals surface area contributed by atoms with Gasteiger partial charge in [-0.25, -0.2) is 0 Å². The van der Waals surface area contributed by atoms with E-state index in [-0.39, 0.29) is 12.6 Å². The van der Waals surface area contributed by atoms with Crippen molar-refractivity contribution in [2.75, 3.05) is 13.2 Å². The van der Waals surface area contributed by atoms with Crippen LogP contribution in [0.1, 0.15) is 31.4 Å². The Labute approximate surface area is 165 Å². The van der Waals surface area contributed by atoms with Gasteiger partial charge in [0.2, 0.25) is 0 Å². The Morgan fingerprint density at radius 3 is 2.54 bits per heavy atom. The standard InChI is InChI=1S/C20H25Cl2NO3/c1-3-17(12-24)23-11-14-6-5-7-19(25-4-2)20(14)26-13-15-8-9-16(21)10-18(15)22/h5-10,17,23-24H,3-4,11-13H2,1-2H3/t17-/m0/s1. The molecule has 0 amide bonds. The molecule has 4 nitrogen and oxygen atoms in total. The van der Waals surface area contributed by atoms with Crippen molar-refractivity contribution in [3.05, 3.63) is 57.6 Å². The molecule has 26 heavy (non-hydrogen) atoms. The monoisotopic (exact) mass is 397 g/mol. The summed E-state index contributed by atoms with van der Waals surface area (Å²) in [6.07, 6.45) is 0.845. The number of halogens is 2. The highest BCUT2D eigenvalue weighted by atomic mass is 35.5. The van der Waals surface area contributed by atoms with Crippen LogP contribution in [0.5, 0.6) is 11.5 Å². The van der Waals surface area contributed by atoms with Crippen LogP contribution in [-0.2, 0) is 13.2 Å². The zero-order chi connectivity index (χ0) is 18.9. The third-order valence-corrected chi connectivity index (χ3v) is 4.63. The van der Waals surface area contributed by atoms with Gasteiger partial charge in [0, 0.05) is 33.8 Å². The number of hydrogen-bond acceptors (Lipinski definition) is 4. The molecule has 2 aromatic carbocycles. The van der Waals surface area contributed by atoms with Crippen LogP contribution < -0.4 is 14.8 Å². The third-order valence-electron chi connectivity index (χ3n) is 4.04. The maximum atomic E-state index is 9.37. The summed E-state index contributed by atoms with van der Waals surface area (Å²) in [4.78, 5) is 0. The Morgan fingerprint density at radius 2 is 1.88 bits per heavy atom. The minimum Gasteiger partial charge on any atom is -0.490 e. The lowest BCUT2D eigenvalue weighted by Crippen LogP contribution is -2.31. The van der Waals surface area contributed by atoms with Crippen molar-refractivity contribution in [2.45, 2.75) is 39.5 Å². The van der Waals surface area contributed by atoms with Gasteiger partial charge in [0.15, 0.2) is 11.5 Å². The van der Waals surface area contributed by atoms with Crippen LogP contribution in [0.15, 0.2) is 36.4 Å². The molecule has 0 aliphatic carbocycles. The van der Waals surface area contributed by atoms with Gasteiger partial charge in [-0.15, -0.1) is 0 Å². The molecule has 0 bridgehead atoms. The van der Waals surface area contributed by atoms with Crippen molar-refractivity contribution in [2.24, 2.45) is 0 Å². The van der Waals surface area contributed by atoms with Crippen molar-refractivity contribution >= 4 is 23.2 Å². The van der Waals surface area contributed by atoms with Gasteiger partial charge in [-0.1, -0.05) is 48.3 Å². The minimum atomic E-state index is 0.0457. The largest absolute Gasteiger partial charge is 0.490 e. The first-order chi connectivity index (χ1) is 12.6. The molecule has 0 fully saturated rings. The van der Waals surface area contributed by atoms with E-state index in [2.05, 4.69) is 5.32 Å². The normalized spacial score (nSPS) is 12.0. The average Bonchev–Trinajstić information content (AvgIpc) is 2.63. The Kier molecular flexibility index (Phi) is 8.52. The number of aliphatic hydroxyl groups is 1. The highest BCUT2D eigenvalue weighted by Gasteiger charge is 2.14. The Morgan fingerprint density at radius 1 is 1.08 bits per heavy atom. The number of hydrogen-bond donors (Lipinski definition) is 2. The van der Waals surface area contributed by atoms with Crippen LogP contribution in [0, 0.1) is 0 Å². The molecule has 0 radical (unpaired) electrons. The van der Waals surface area contributed by atoms with E-state index in [4.69, 9.17) is 32.7 Å². The number of rotatable bonds is 10. The van der Waals surface area contributed by atoms with Gasteiger partial charge in [0.25, 0.3) is 0 Å². The van der Waals surface area contributed by atoms with Gasteiger partial charge in [-0.3, -0.25) is 0 Å². The first kappa shape index (κ1) is 20.8. The first-order valence-electron chi connectivity index (χ1n) is 8.74. The van der Waals surface area contributed by atoms with E-state index in [0.29, 0.717) is 41.3 Å². The molecule has 2 rings (SSSR count). The summed E-state index contributed by atoms with van der Waals surface area (Å²) in [7, 11) is 0. The van der Waals surface area contributed by atoms with E-state index in [1.807, 2.05) is 38.1 Å². The molecule has 0 aliphatic rings. The average molecular weight is 398 g/mol. The van der Waals surface area contributed by atoms with Crippen LogP contribution in [0.4, 0.5) is 0 Å². The fourth-order valence-electron chi connectivity index (χ4n) is 2.51. The predicted octanol–water partition coefficient (Wildman–Crippen LogP) is 4.83. The fourth-order valence-corrected chi connectivity index (χ4v) is 2.98. The highest BCUT2D eigenvalue weighted by molar-refractivity contribution is 6.35. The van der Waals surface area contributed by atoms with Crippen molar-refractivity contribution in [3.63, 3.8) is 0 Å².